The molecule has 3 aromatic carbocycles. The van der Waals surface area contributed by atoms with Crippen LogP contribution < -0.4 is 20.1 Å². The van der Waals surface area contributed by atoms with Crippen LogP contribution in [0.4, 0.5) is 5.69 Å². The maximum atomic E-state index is 13.3. The molecule has 36 heavy (non-hydrogen) atoms. The number of carbonyl (C=O) groups is 3. The number of hydrogen-bond donors (Lipinski definition) is 2. The first kappa shape index (κ1) is 26.4. The number of rotatable bonds is 10. The zero-order chi connectivity index (χ0) is 25.9. The van der Waals surface area contributed by atoms with Gasteiger partial charge in [0.25, 0.3) is 11.8 Å². The molecule has 0 saturated carbocycles. The van der Waals surface area contributed by atoms with E-state index in [1.54, 1.807) is 73.8 Å². The fourth-order valence-electron chi connectivity index (χ4n) is 3.10. The van der Waals surface area contributed by atoms with Gasteiger partial charge >= 0.3 is 5.97 Å². The predicted molar refractivity (Wildman–Crippen MR) is 139 cm³/mol. The Morgan fingerprint density at radius 2 is 1.67 bits per heavy atom. The van der Waals surface area contributed by atoms with Crippen molar-refractivity contribution in [1.82, 2.24) is 5.32 Å². The molecule has 2 N–H and O–H groups in total. The highest BCUT2D eigenvalue weighted by atomic mass is 32.2. The first-order valence-electron chi connectivity index (χ1n) is 10.8. The maximum absolute atomic E-state index is 13.3. The number of amides is 2. The number of hydrogen-bond acceptors (Lipinski definition) is 7. The van der Waals surface area contributed by atoms with Crippen LogP contribution in [-0.4, -0.2) is 44.9 Å². The summed E-state index contributed by atoms with van der Waals surface area (Å²) in [6.07, 6.45) is 1.53. The number of ether oxygens (including phenoxy) is 3. The highest BCUT2D eigenvalue weighted by Gasteiger charge is 2.17. The summed E-state index contributed by atoms with van der Waals surface area (Å²) < 4.78 is 15.3. The summed E-state index contributed by atoms with van der Waals surface area (Å²) in [7, 11) is 4.38. The van der Waals surface area contributed by atoms with E-state index >= 15 is 0 Å². The van der Waals surface area contributed by atoms with Gasteiger partial charge in [0.05, 0.1) is 27.1 Å². The van der Waals surface area contributed by atoms with E-state index in [-0.39, 0.29) is 17.4 Å². The molecular formula is C27H26N2O6S. The third kappa shape index (κ3) is 7.38. The molecule has 0 unspecified atom stereocenters. The number of esters is 1. The van der Waals surface area contributed by atoms with E-state index in [2.05, 4.69) is 15.4 Å². The van der Waals surface area contributed by atoms with Gasteiger partial charge in [0.1, 0.15) is 17.2 Å². The largest absolute Gasteiger partial charge is 0.497 e. The standard InChI is InChI=1S/C27H26N2O6S/c1-33-21-13-12-19(24(16-21)34-2)14-23(29-26(31)18-8-5-4-6-9-18)27(32)28-20-10-7-11-22(15-20)36-17-25(30)35-3/h4-16H,17H2,1-3H3,(H,28,32)(H,29,31)/b23-14+. The lowest BCUT2D eigenvalue weighted by Gasteiger charge is -2.13. The number of benzene rings is 3. The number of thioether (sulfide) groups is 1. The molecule has 9 heteroatoms. The van der Waals surface area contributed by atoms with Crippen LogP contribution in [0, 0.1) is 0 Å². The average Bonchev–Trinajstić information content (AvgIpc) is 2.92. The molecule has 0 bridgehead atoms. The van der Waals surface area contributed by atoms with Crippen LogP contribution in [0.15, 0.2) is 83.4 Å². The summed E-state index contributed by atoms with van der Waals surface area (Å²) in [5.74, 6) is -0.126. The molecule has 0 heterocycles. The number of nitrogens with one attached hydrogen (secondary N) is 2. The van der Waals surface area contributed by atoms with Crippen LogP contribution in [0.25, 0.3) is 6.08 Å². The van der Waals surface area contributed by atoms with Gasteiger partial charge in [0.15, 0.2) is 0 Å². The van der Waals surface area contributed by atoms with Crippen LogP contribution in [-0.2, 0) is 14.3 Å². The lowest BCUT2D eigenvalue weighted by molar-refractivity contribution is -0.137. The molecule has 0 aromatic heterocycles. The molecule has 186 valence electrons. The molecule has 0 radical (unpaired) electrons. The Hall–Kier alpha value is -4.24. The van der Waals surface area contributed by atoms with Crippen LogP contribution in [0.5, 0.6) is 11.5 Å². The van der Waals surface area contributed by atoms with Crippen LogP contribution in [0.2, 0.25) is 0 Å². The van der Waals surface area contributed by atoms with Gasteiger partial charge in [-0.25, -0.2) is 0 Å². The number of carbonyl (C=O) groups excluding carboxylic acids is 3. The van der Waals surface area contributed by atoms with Gasteiger partial charge < -0.3 is 24.8 Å². The molecule has 8 nitrogen and oxygen atoms in total. The normalized spacial score (nSPS) is 10.8. The first-order valence-corrected chi connectivity index (χ1v) is 11.8. The van der Waals surface area contributed by atoms with Crippen molar-refractivity contribution < 1.29 is 28.6 Å². The Balaban J connectivity index is 1.89. The first-order chi connectivity index (χ1) is 17.4. The van der Waals surface area contributed by atoms with Crippen LogP contribution in [0.3, 0.4) is 0 Å². The minimum Gasteiger partial charge on any atom is -0.497 e. The van der Waals surface area contributed by atoms with Crippen molar-refractivity contribution >= 4 is 41.3 Å². The zero-order valence-corrected chi connectivity index (χ0v) is 20.9. The third-order valence-corrected chi connectivity index (χ3v) is 5.91. The topological polar surface area (TPSA) is 103 Å². The van der Waals surface area contributed by atoms with E-state index < -0.39 is 11.8 Å². The van der Waals surface area contributed by atoms with E-state index in [0.29, 0.717) is 28.3 Å². The summed E-state index contributed by atoms with van der Waals surface area (Å²) in [5.41, 5.74) is 1.48. The second kappa shape index (κ2) is 13.0. The SMILES string of the molecule is COC(=O)CSc1cccc(NC(=O)/C(=C\c2ccc(OC)cc2OC)NC(=O)c2ccccc2)c1. The highest BCUT2D eigenvalue weighted by molar-refractivity contribution is 8.00. The van der Waals surface area contributed by atoms with Gasteiger partial charge in [-0.05, 0) is 48.5 Å². The lowest BCUT2D eigenvalue weighted by Crippen LogP contribution is -2.30. The van der Waals surface area contributed by atoms with E-state index in [1.807, 2.05) is 6.07 Å². The monoisotopic (exact) mass is 506 g/mol. The van der Waals surface area contributed by atoms with Gasteiger partial charge in [-0.3, -0.25) is 14.4 Å². The van der Waals surface area contributed by atoms with Crippen LogP contribution in [0.1, 0.15) is 15.9 Å². The number of methoxy groups -OCH3 is 3. The second-order valence-corrected chi connectivity index (χ2v) is 8.38. The summed E-state index contributed by atoms with van der Waals surface area (Å²) in [6.45, 7) is 0. The maximum Gasteiger partial charge on any atom is 0.315 e. The predicted octanol–water partition coefficient (Wildman–Crippen LogP) is 4.38. The van der Waals surface area contributed by atoms with Crippen LogP contribution >= 0.6 is 11.8 Å². The molecule has 0 spiro atoms. The molecule has 0 aliphatic rings. The average molecular weight is 507 g/mol. The molecule has 2 amide bonds. The Morgan fingerprint density at radius 3 is 2.36 bits per heavy atom. The minimum atomic E-state index is -0.535. The highest BCUT2D eigenvalue weighted by Crippen LogP contribution is 2.27. The van der Waals surface area contributed by atoms with E-state index in [9.17, 15) is 14.4 Å². The molecule has 3 rings (SSSR count). The fourth-order valence-corrected chi connectivity index (χ4v) is 3.89. The molecular weight excluding hydrogens is 480 g/mol. The van der Waals surface area contributed by atoms with Crippen molar-refractivity contribution in [2.75, 3.05) is 32.4 Å². The summed E-state index contributed by atoms with van der Waals surface area (Å²) in [6, 6.07) is 20.7. The van der Waals surface area contributed by atoms with Crippen molar-refractivity contribution in [3.8, 4) is 11.5 Å². The van der Waals surface area contributed by atoms with Crippen molar-refractivity contribution in [2.24, 2.45) is 0 Å². The van der Waals surface area contributed by atoms with E-state index in [4.69, 9.17) is 9.47 Å². The van der Waals surface area contributed by atoms with Crippen molar-refractivity contribution in [2.45, 2.75) is 4.90 Å². The minimum absolute atomic E-state index is 0.0138. The molecule has 0 fully saturated rings. The quantitative estimate of drug-likeness (QED) is 0.239. The van der Waals surface area contributed by atoms with Crippen molar-refractivity contribution in [3.63, 3.8) is 0 Å². The van der Waals surface area contributed by atoms with Gasteiger partial charge in [-0.15, -0.1) is 11.8 Å². The van der Waals surface area contributed by atoms with Crippen molar-refractivity contribution in [1.29, 1.82) is 0 Å². The van der Waals surface area contributed by atoms with Gasteiger partial charge in [-0.2, -0.15) is 0 Å². The van der Waals surface area contributed by atoms with Gasteiger partial charge in [0, 0.05) is 27.8 Å². The Bertz CT molecular complexity index is 1260. The second-order valence-electron chi connectivity index (χ2n) is 7.33. The molecule has 0 atom stereocenters. The summed E-state index contributed by atoms with van der Waals surface area (Å²) in [4.78, 5) is 38.4. The third-order valence-electron chi connectivity index (χ3n) is 4.95. The Kier molecular flexibility index (Phi) is 9.53. The smallest absolute Gasteiger partial charge is 0.315 e. The molecule has 0 aliphatic heterocycles. The van der Waals surface area contributed by atoms with E-state index in [1.165, 1.54) is 32.1 Å². The fraction of sp³-hybridized carbons (Fsp3) is 0.148. The Labute approximate surface area is 213 Å². The zero-order valence-electron chi connectivity index (χ0n) is 20.1. The molecule has 0 aliphatic carbocycles. The number of anilines is 1. The molecule has 0 saturated heterocycles. The molecule has 3 aromatic rings. The summed E-state index contributed by atoms with van der Waals surface area (Å²) >= 11 is 1.28. The van der Waals surface area contributed by atoms with E-state index in [0.717, 1.165) is 4.90 Å². The van der Waals surface area contributed by atoms with Gasteiger partial charge in [-0.1, -0.05) is 24.3 Å². The lowest BCUT2D eigenvalue weighted by atomic mass is 10.1. The van der Waals surface area contributed by atoms with Gasteiger partial charge in [0.2, 0.25) is 0 Å². The van der Waals surface area contributed by atoms with Crippen molar-refractivity contribution in [3.05, 3.63) is 89.6 Å². The Morgan fingerprint density at radius 1 is 0.889 bits per heavy atom. The summed E-state index contributed by atoms with van der Waals surface area (Å²) in [5, 5.41) is 5.51.